The summed E-state index contributed by atoms with van der Waals surface area (Å²) in [5.74, 6) is 0.599. The Labute approximate surface area is 100 Å². The number of rotatable bonds is 5. The first-order valence-electron chi connectivity index (χ1n) is 5.63. The molecule has 16 heavy (non-hydrogen) atoms. The van der Waals surface area contributed by atoms with Crippen molar-refractivity contribution in [2.45, 2.75) is 13.0 Å². The number of aryl methyl sites for hydroxylation is 1. The van der Waals surface area contributed by atoms with Crippen LogP contribution in [0.5, 0.6) is 0 Å². The van der Waals surface area contributed by atoms with Crippen molar-refractivity contribution in [1.29, 1.82) is 0 Å². The Bertz CT molecular complexity index is 312. The molecule has 6 heteroatoms. The summed E-state index contributed by atoms with van der Waals surface area (Å²) in [5.41, 5.74) is 0.969. The van der Waals surface area contributed by atoms with Gasteiger partial charge in [-0.15, -0.1) is 16.7 Å². The second kappa shape index (κ2) is 6.18. The van der Waals surface area contributed by atoms with Crippen molar-refractivity contribution in [1.82, 2.24) is 19.9 Å². The fraction of sp³-hybridized carbons (Fsp3) is 0.800. The first-order valence-corrected chi connectivity index (χ1v) is 6.17. The van der Waals surface area contributed by atoms with Gasteiger partial charge in [-0.3, -0.25) is 9.58 Å². The van der Waals surface area contributed by atoms with Crippen molar-refractivity contribution >= 4 is 11.6 Å². The van der Waals surface area contributed by atoms with E-state index in [0.29, 0.717) is 5.88 Å². The van der Waals surface area contributed by atoms with Crippen LogP contribution < -0.4 is 0 Å². The standard InChI is InChI=1S/C10H17ClN4O/c11-2-1-10-9-15(13-12-10)4-3-14-5-7-16-8-6-14/h9H,1-8H2. The summed E-state index contributed by atoms with van der Waals surface area (Å²) >= 11 is 5.64. The molecule has 1 aromatic rings. The van der Waals surface area contributed by atoms with Crippen molar-refractivity contribution in [3.63, 3.8) is 0 Å². The van der Waals surface area contributed by atoms with Gasteiger partial charge in [-0.25, -0.2) is 0 Å². The maximum absolute atomic E-state index is 5.64. The summed E-state index contributed by atoms with van der Waals surface area (Å²) in [7, 11) is 0. The summed E-state index contributed by atoms with van der Waals surface area (Å²) in [6.07, 6.45) is 2.77. The molecule has 1 saturated heterocycles. The van der Waals surface area contributed by atoms with E-state index in [4.69, 9.17) is 16.3 Å². The molecule has 5 nitrogen and oxygen atoms in total. The summed E-state index contributed by atoms with van der Waals surface area (Å²) in [5, 5.41) is 8.12. The summed E-state index contributed by atoms with van der Waals surface area (Å²) in [4.78, 5) is 2.38. The minimum absolute atomic E-state index is 0.599. The molecule has 1 aliphatic heterocycles. The van der Waals surface area contributed by atoms with Gasteiger partial charge in [-0.1, -0.05) is 5.21 Å². The molecular weight excluding hydrogens is 228 g/mol. The zero-order valence-electron chi connectivity index (χ0n) is 9.31. The highest BCUT2D eigenvalue weighted by Crippen LogP contribution is 1.99. The molecule has 0 bridgehead atoms. The van der Waals surface area contributed by atoms with Gasteiger partial charge in [-0.2, -0.15) is 0 Å². The fourth-order valence-corrected chi connectivity index (χ4v) is 1.92. The van der Waals surface area contributed by atoms with E-state index in [1.807, 2.05) is 10.9 Å². The molecule has 0 aliphatic carbocycles. The number of halogens is 1. The normalized spacial score (nSPS) is 17.8. The lowest BCUT2D eigenvalue weighted by atomic mass is 10.4. The Morgan fingerprint density at radius 2 is 2.12 bits per heavy atom. The fourth-order valence-electron chi connectivity index (χ4n) is 1.73. The van der Waals surface area contributed by atoms with E-state index >= 15 is 0 Å². The molecule has 90 valence electrons. The molecule has 1 aromatic heterocycles. The van der Waals surface area contributed by atoms with Crippen LogP contribution in [0.3, 0.4) is 0 Å². The maximum Gasteiger partial charge on any atom is 0.0839 e. The number of ether oxygens (including phenoxy) is 1. The van der Waals surface area contributed by atoms with E-state index in [2.05, 4.69) is 15.2 Å². The van der Waals surface area contributed by atoms with E-state index in [1.54, 1.807) is 0 Å². The zero-order chi connectivity index (χ0) is 11.2. The first-order chi connectivity index (χ1) is 7.88. The van der Waals surface area contributed by atoms with Gasteiger partial charge in [0.05, 0.1) is 25.5 Å². The molecule has 2 rings (SSSR count). The number of morpholine rings is 1. The highest BCUT2D eigenvalue weighted by Gasteiger charge is 2.10. The molecule has 0 radical (unpaired) electrons. The van der Waals surface area contributed by atoms with Crippen LogP contribution in [-0.4, -0.2) is 58.6 Å². The molecule has 0 aromatic carbocycles. The first kappa shape index (κ1) is 11.8. The van der Waals surface area contributed by atoms with E-state index in [9.17, 15) is 0 Å². The average molecular weight is 245 g/mol. The van der Waals surface area contributed by atoms with Crippen molar-refractivity contribution in [3.8, 4) is 0 Å². The van der Waals surface area contributed by atoms with Gasteiger partial charge < -0.3 is 4.74 Å². The summed E-state index contributed by atoms with van der Waals surface area (Å²) < 4.78 is 7.18. The van der Waals surface area contributed by atoms with Crippen LogP contribution in [0.1, 0.15) is 5.69 Å². The molecule has 0 amide bonds. The minimum Gasteiger partial charge on any atom is -0.379 e. The lowest BCUT2D eigenvalue weighted by molar-refractivity contribution is 0.0359. The van der Waals surface area contributed by atoms with Gasteiger partial charge in [0.15, 0.2) is 0 Å². The van der Waals surface area contributed by atoms with Crippen LogP contribution in [0.15, 0.2) is 6.20 Å². The summed E-state index contributed by atoms with van der Waals surface area (Å²) in [6.45, 7) is 5.61. The molecular formula is C10H17ClN4O. The zero-order valence-corrected chi connectivity index (χ0v) is 10.1. The van der Waals surface area contributed by atoms with Gasteiger partial charge in [0.2, 0.25) is 0 Å². The predicted octanol–water partition coefficient (Wildman–Crippen LogP) is 0.392. The monoisotopic (exact) mass is 244 g/mol. The van der Waals surface area contributed by atoms with Crippen molar-refractivity contribution in [2.75, 3.05) is 38.7 Å². The third-order valence-electron chi connectivity index (χ3n) is 2.69. The Morgan fingerprint density at radius 3 is 2.88 bits per heavy atom. The number of alkyl halides is 1. The predicted molar refractivity (Wildman–Crippen MR) is 61.7 cm³/mol. The molecule has 0 spiro atoms. The Kier molecular flexibility index (Phi) is 4.56. The van der Waals surface area contributed by atoms with Gasteiger partial charge in [0, 0.05) is 38.1 Å². The van der Waals surface area contributed by atoms with Gasteiger partial charge in [0.25, 0.3) is 0 Å². The van der Waals surface area contributed by atoms with Crippen molar-refractivity contribution < 1.29 is 4.74 Å². The quantitative estimate of drug-likeness (QED) is 0.703. The smallest absolute Gasteiger partial charge is 0.0839 e. The van der Waals surface area contributed by atoms with Crippen LogP contribution in [0.2, 0.25) is 0 Å². The second-order valence-electron chi connectivity index (χ2n) is 3.87. The molecule has 1 aliphatic rings. The van der Waals surface area contributed by atoms with E-state index in [1.165, 1.54) is 0 Å². The number of nitrogens with zero attached hydrogens (tertiary/aromatic N) is 4. The lowest BCUT2D eigenvalue weighted by Gasteiger charge is -2.26. The molecule has 0 atom stereocenters. The largest absolute Gasteiger partial charge is 0.379 e. The maximum atomic E-state index is 5.64. The Hall–Kier alpha value is -0.650. The second-order valence-corrected chi connectivity index (χ2v) is 4.24. The van der Waals surface area contributed by atoms with E-state index in [-0.39, 0.29) is 0 Å². The molecule has 0 saturated carbocycles. The van der Waals surface area contributed by atoms with E-state index in [0.717, 1.165) is 51.5 Å². The summed E-state index contributed by atoms with van der Waals surface area (Å²) in [6, 6.07) is 0. The number of hydrogen-bond donors (Lipinski definition) is 0. The van der Waals surface area contributed by atoms with Crippen LogP contribution in [0.25, 0.3) is 0 Å². The van der Waals surface area contributed by atoms with Crippen LogP contribution in [-0.2, 0) is 17.7 Å². The van der Waals surface area contributed by atoms with Crippen molar-refractivity contribution in [2.24, 2.45) is 0 Å². The van der Waals surface area contributed by atoms with Crippen LogP contribution in [0.4, 0.5) is 0 Å². The average Bonchev–Trinajstić information content (AvgIpc) is 2.76. The van der Waals surface area contributed by atoms with Gasteiger partial charge in [-0.05, 0) is 0 Å². The minimum atomic E-state index is 0.599. The van der Waals surface area contributed by atoms with Gasteiger partial charge in [0.1, 0.15) is 0 Å². The molecule has 2 heterocycles. The topological polar surface area (TPSA) is 43.2 Å². The molecule has 0 N–H and O–H groups in total. The number of aromatic nitrogens is 3. The Balaban J connectivity index is 1.75. The number of hydrogen-bond acceptors (Lipinski definition) is 4. The Morgan fingerprint density at radius 1 is 1.31 bits per heavy atom. The third-order valence-corrected chi connectivity index (χ3v) is 2.87. The van der Waals surface area contributed by atoms with Crippen LogP contribution in [0, 0.1) is 0 Å². The third kappa shape index (κ3) is 3.43. The molecule has 1 fully saturated rings. The molecule has 0 unspecified atom stereocenters. The highest BCUT2D eigenvalue weighted by atomic mass is 35.5. The highest BCUT2D eigenvalue weighted by molar-refractivity contribution is 6.17. The van der Waals surface area contributed by atoms with Crippen LogP contribution >= 0.6 is 11.6 Å². The lowest BCUT2D eigenvalue weighted by Crippen LogP contribution is -2.38. The SMILES string of the molecule is ClCCc1cn(CCN2CCOCC2)nn1. The van der Waals surface area contributed by atoms with Crippen molar-refractivity contribution in [3.05, 3.63) is 11.9 Å². The van der Waals surface area contributed by atoms with Gasteiger partial charge >= 0.3 is 0 Å². The van der Waals surface area contributed by atoms with E-state index < -0.39 is 0 Å².